The molecular weight excluding hydrogens is 482 g/mol. The number of benzene rings is 1. The second-order valence-electron chi connectivity index (χ2n) is 7.18. The van der Waals surface area contributed by atoms with E-state index in [4.69, 9.17) is 4.74 Å². The maximum Gasteiger partial charge on any atom is 0.435 e. The van der Waals surface area contributed by atoms with Crippen molar-refractivity contribution < 1.29 is 17.9 Å². The van der Waals surface area contributed by atoms with Gasteiger partial charge >= 0.3 is 6.09 Å². The summed E-state index contributed by atoms with van der Waals surface area (Å²) in [5.74, 6) is 0. The van der Waals surface area contributed by atoms with Crippen molar-refractivity contribution >= 4 is 64.9 Å². The van der Waals surface area contributed by atoms with Crippen LogP contribution in [0.25, 0.3) is 15.9 Å². The number of rotatable bonds is 3. The molecule has 4 aromatic rings. The van der Waals surface area contributed by atoms with E-state index >= 15 is 0 Å². The quantitative estimate of drug-likeness (QED) is 0.456. The van der Waals surface area contributed by atoms with Crippen molar-refractivity contribution in [2.75, 3.05) is 4.72 Å². The van der Waals surface area contributed by atoms with E-state index < -0.39 is 21.7 Å². The Kier molecular flexibility index (Phi) is 4.67. The van der Waals surface area contributed by atoms with Gasteiger partial charge in [0.05, 0.1) is 11.7 Å². The first-order valence-corrected chi connectivity index (χ1v) is 11.6. The van der Waals surface area contributed by atoms with Crippen LogP contribution in [0.4, 0.5) is 10.5 Å². The molecule has 4 rings (SSSR count). The van der Waals surface area contributed by atoms with Crippen molar-refractivity contribution in [1.29, 1.82) is 0 Å². The number of carbonyl (C=O) groups is 1. The van der Waals surface area contributed by atoms with Crippen LogP contribution in [0.5, 0.6) is 0 Å². The first-order chi connectivity index (χ1) is 13.5. The van der Waals surface area contributed by atoms with Crippen molar-refractivity contribution in [1.82, 2.24) is 19.2 Å². The molecule has 0 saturated heterocycles. The van der Waals surface area contributed by atoms with Gasteiger partial charge in [-0.3, -0.25) is 9.12 Å². The summed E-state index contributed by atoms with van der Waals surface area (Å²) in [6.45, 7) is 5.30. The Bertz CT molecular complexity index is 1350. The van der Waals surface area contributed by atoms with Crippen LogP contribution in [0, 0.1) is 0 Å². The lowest BCUT2D eigenvalue weighted by atomic mass is 10.2. The number of aromatic nitrogens is 4. The first kappa shape index (κ1) is 19.9. The Balaban J connectivity index is 1.66. The van der Waals surface area contributed by atoms with Crippen LogP contribution in [-0.4, -0.2) is 39.3 Å². The molecular formula is C17H16BrN5O4S2. The largest absolute Gasteiger partial charge is 0.442 e. The summed E-state index contributed by atoms with van der Waals surface area (Å²) < 4.78 is 36.6. The molecule has 12 heteroatoms. The second-order valence-corrected chi connectivity index (χ2v) is 10.4. The van der Waals surface area contributed by atoms with Crippen LogP contribution in [0.3, 0.4) is 0 Å². The lowest BCUT2D eigenvalue weighted by molar-refractivity contribution is 0.0522. The van der Waals surface area contributed by atoms with Crippen LogP contribution in [0.1, 0.15) is 20.8 Å². The molecule has 0 spiro atoms. The van der Waals surface area contributed by atoms with Gasteiger partial charge in [-0.15, -0.1) is 11.3 Å². The number of nitrogens with zero attached hydrogens (tertiary/aromatic N) is 4. The maximum absolute atomic E-state index is 12.9. The van der Waals surface area contributed by atoms with Gasteiger partial charge in [-0.05, 0) is 54.9 Å². The number of sulfonamides is 1. The number of imidazole rings is 1. The van der Waals surface area contributed by atoms with Crippen LogP contribution in [0.15, 0.2) is 45.6 Å². The average Bonchev–Trinajstić information content (AvgIpc) is 3.25. The molecule has 0 radical (unpaired) electrons. The molecule has 0 atom stereocenters. The zero-order valence-electron chi connectivity index (χ0n) is 15.6. The number of nitrogens with one attached hydrogen (secondary N) is 1. The van der Waals surface area contributed by atoms with E-state index in [1.54, 1.807) is 50.5 Å². The minimum absolute atomic E-state index is 0.0123. The van der Waals surface area contributed by atoms with Crippen LogP contribution < -0.4 is 4.72 Å². The van der Waals surface area contributed by atoms with E-state index in [2.05, 4.69) is 30.7 Å². The number of ether oxygens (including phenoxy) is 1. The monoisotopic (exact) mass is 497 g/mol. The fourth-order valence-electron chi connectivity index (χ4n) is 2.73. The number of hydrogen-bond donors (Lipinski definition) is 1. The van der Waals surface area contributed by atoms with E-state index in [9.17, 15) is 13.2 Å². The molecule has 0 aliphatic heterocycles. The number of halogens is 1. The van der Waals surface area contributed by atoms with Crippen molar-refractivity contribution in [2.24, 2.45) is 0 Å². The van der Waals surface area contributed by atoms with E-state index in [0.717, 1.165) is 4.68 Å². The fourth-order valence-corrected chi connectivity index (χ4v) is 5.82. The Morgan fingerprint density at radius 2 is 2.07 bits per heavy atom. The molecule has 0 saturated carbocycles. The van der Waals surface area contributed by atoms with Crippen LogP contribution in [-0.2, 0) is 14.8 Å². The predicted octanol–water partition coefficient (Wildman–Crippen LogP) is 4.09. The van der Waals surface area contributed by atoms with Gasteiger partial charge in [0.15, 0.2) is 9.99 Å². The molecule has 0 fully saturated rings. The van der Waals surface area contributed by atoms with E-state index in [0.29, 0.717) is 21.6 Å². The van der Waals surface area contributed by atoms with Crippen molar-refractivity contribution in [3.8, 4) is 0 Å². The summed E-state index contributed by atoms with van der Waals surface area (Å²) in [5.41, 5.74) is 0.183. The zero-order chi connectivity index (χ0) is 21.0. The Morgan fingerprint density at radius 1 is 1.31 bits per heavy atom. The fraction of sp³-hybridized carbons (Fsp3) is 0.235. The molecule has 3 aromatic heterocycles. The van der Waals surface area contributed by atoms with Crippen LogP contribution in [0.2, 0.25) is 0 Å². The summed E-state index contributed by atoms with van der Waals surface area (Å²) in [5, 5.41) is 6.41. The summed E-state index contributed by atoms with van der Waals surface area (Å²) in [6.07, 6.45) is 2.51. The molecule has 1 N–H and O–H groups in total. The van der Waals surface area contributed by atoms with Gasteiger partial charge in [0, 0.05) is 22.7 Å². The second kappa shape index (κ2) is 6.82. The standard InChI is InChI=1S/C17H16BrN5O4S2/c1-17(2,3)27-16(24)23-12-5-4-11(8-10(12)9-19-23)21-29(25,26)14-13(18)20-15-22(14)6-7-28-15/h4-9,21H,1-3H3. The van der Waals surface area contributed by atoms with E-state index in [-0.39, 0.29) is 9.63 Å². The lowest BCUT2D eigenvalue weighted by Gasteiger charge is -2.19. The number of anilines is 1. The predicted molar refractivity (Wildman–Crippen MR) is 113 cm³/mol. The molecule has 1 aromatic carbocycles. The third kappa shape index (κ3) is 3.74. The molecule has 9 nitrogen and oxygen atoms in total. The topological polar surface area (TPSA) is 108 Å². The third-order valence-electron chi connectivity index (χ3n) is 3.82. The molecule has 3 heterocycles. The SMILES string of the molecule is CC(C)(C)OC(=O)n1ncc2cc(NS(=O)(=O)c3c(Br)nc4sccn34)ccc21. The third-order valence-corrected chi connectivity index (χ3v) is 6.80. The van der Waals surface area contributed by atoms with Gasteiger partial charge in [-0.25, -0.2) is 9.78 Å². The molecule has 0 unspecified atom stereocenters. The highest BCUT2D eigenvalue weighted by Gasteiger charge is 2.25. The van der Waals surface area contributed by atoms with Gasteiger partial charge in [-0.1, -0.05) is 0 Å². The Hall–Kier alpha value is -2.44. The molecule has 0 aliphatic carbocycles. The molecule has 0 bridgehead atoms. The summed E-state index contributed by atoms with van der Waals surface area (Å²) in [4.78, 5) is 17.1. The number of fused-ring (bicyclic) bond motifs is 2. The highest BCUT2D eigenvalue weighted by atomic mass is 79.9. The van der Waals surface area contributed by atoms with Gasteiger partial charge in [-0.2, -0.15) is 18.2 Å². The van der Waals surface area contributed by atoms with Crippen LogP contribution >= 0.6 is 27.3 Å². The Morgan fingerprint density at radius 3 is 2.79 bits per heavy atom. The van der Waals surface area contributed by atoms with Gasteiger partial charge in [0.1, 0.15) is 10.2 Å². The van der Waals surface area contributed by atoms with E-state index in [1.165, 1.54) is 21.9 Å². The lowest BCUT2D eigenvalue weighted by Crippen LogP contribution is -2.27. The smallest absolute Gasteiger partial charge is 0.435 e. The summed E-state index contributed by atoms with van der Waals surface area (Å²) >= 11 is 4.54. The van der Waals surface area contributed by atoms with Gasteiger partial charge < -0.3 is 4.74 Å². The number of thiazole rings is 1. The Labute approximate surface area is 178 Å². The first-order valence-electron chi connectivity index (χ1n) is 8.40. The molecule has 152 valence electrons. The summed E-state index contributed by atoms with van der Waals surface area (Å²) in [7, 11) is -3.91. The highest BCUT2D eigenvalue weighted by Crippen LogP contribution is 2.28. The zero-order valence-corrected chi connectivity index (χ0v) is 18.8. The minimum atomic E-state index is -3.91. The van der Waals surface area contributed by atoms with Crippen molar-refractivity contribution in [3.05, 3.63) is 40.6 Å². The molecule has 29 heavy (non-hydrogen) atoms. The molecule has 0 amide bonds. The molecule has 0 aliphatic rings. The highest BCUT2D eigenvalue weighted by molar-refractivity contribution is 9.10. The summed E-state index contributed by atoms with van der Waals surface area (Å²) in [6, 6.07) is 4.76. The number of hydrogen-bond acceptors (Lipinski definition) is 7. The van der Waals surface area contributed by atoms with E-state index in [1.807, 2.05) is 0 Å². The van der Waals surface area contributed by atoms with Crippen molar-refractivity contribution in [2.45, 2.75) is 31.4 Å². The van der Waals surface area contributed by atoms with Crippen molar-refractivity contribution in [3.63, 3.8) is 0 Å². The maximum atomic E-state index is 12.9. The van der Waals surface area contributed by atoms with Gasteiger partial charge in [0.25, 0.3) is 10.0 Å². The average molecular weight is 498 g/mol. The normalized spacial score (nSPS) is 12.6. The van der Waals surface area contributed by atoms with Gasteiger partial charge in [0.2, 0.25) is 0 Å². The number of carbonyl (C=O) groups excluding carboxylic acids is 1. The minimum Gasteiger partial charge on any atom is -0.442 e.